The zero-order valence-corrected chi connectivity index (χ0v) is 13.8. The summed E-state index contributed by atoms with van der Waals surface area (Å²) in [7, 11) is 0. The van der Waals surface area contributed by atoms with Crippen LogP contribution in [0.4, 0.5) is 0 Å². The summed E-state index contributed by atoms with van der Waals surface area (Å²) < 4.78 is 6.20. The summed E-state index contributed by atoms with van der Waals surface area (Å²) in [5, 5.41) is 33.0. The van der Waals surface area contributed by atoms with Crippen molar-refractivity contribution >= 4 is 0 Å². The van der Waals surface area contributed by atoms with E-state index in [1.165, 1.54) is 5.57 Å². The summed E-state index contributed by atoms with van der Waals surface area (Å²) in [6.45, 7) is 5.48. The molecule has 3 aliphatic carbocycles. The molecule has 0 aromatic heterocycles. The lowest BCUT2D eigenvalue weighted by Crippen LogP contribution is -2.74. The van der Waals surface area contributed by atoms with Crippen LogP contribution in [0.2, 0.25) is 0 Å². The Labute approximate surface area is 141 Å². The Morgan fingerprint density at radius 3 is 3.00 bits per heavy atom. The molecular weight excluding hydrogens is 306 g/mol. The molecule has 2 heterocycles. The van der Waals surface area contributed by atoms with Crippen molar-refractivity contribution in [3.63, 3.8) is 0 Å². The Kier molecular flexibility index (Phi) is 3.06. The summed E-state index contributed by atoms with van der Waals surface area (Å²) >= 11 is 0. The molecule has 0 aromatic carbocycles. The van der Waals surface area contributed by atoms with Gasteiger partial charge in [-0.15, -0.1) is 6.58 Å². The highest BCUT2D eigenvalue weighted by atomic mass is 16.5. The lowest BCUT2D eigenvalue weighted by atomic mass is 9.47. The number of ether oxygens (including phenoxy) is 1. The van der Waals surface area contributed by atoms with E-state index in [9.17, 15) is 15.3 Å². The second kappa shape index (κ2) is 4.80. The highest BCUT2D eigenvalue weighted by Gasteiger charge is 2.74. The van der Waals surface area contributed by atoms with Gasteiger partial charge in [0.05, 0.1) is 23.2 Å². The highest BCUT2D eigenvalue weighted by molar-refractivity contribution is 5.50. The van der Waals surface area contributed by atoms with Crippen LogP contribution < -0.4 is 0 Å². The normalized spacial score (nSPS) is 52.4. The minimum Gasteiger partial charge on any atom is -0.390 e. The van der Waals surface area contributed by atoms with Crippen molar-refractivity contribution in [3.05, 3.63) is 36.0 Å². The number of piperidine rings is 1. The molecule has 1 saturated carbocycles. The lowest BCUT2D eigenvalue weighted by molar-refractivity contribution is -0.232. The fourth-order valence-electron chi connectivity index (χ4n) is 6.32. The third kappa shape index (κ3) is 1.54. The molecule has 24 heavy (non-hydrogen) atoms. The van der Waals surface area contributed by atoms with Gasteiger partial charge in [-0.05, 0) is 43.4 Å². The third-order valence-corrected chi connectivity index (χ3v) is 7.20. The molecule has 0 amide bonds. The second-order valence-electron chi connectivity index (χ2n) is 8.02. The fraction of sp³-hybridized carbons (Fsp3) is 0.684. The van der Waals surface area contributed by atoms with E-state index in [0.29, 0.717) is 12.8 Å². The van der Waals surface area contributed by atoms with Crippen molar-refractivity contribution in [2.24, 2.45) is 5.41 Å². The van der Waals surface area contributed by atoms with Crippen LogP contribution in [0.25, 0.3) is 0 Å². The van der Waals surface area contributed by atoms with Crippen LogP contribution in [-0.2, 0) is 4.74 Å². The average molecular weight is 331 g/mol. The van der Waals surface area contributed by atoms with E-state index >= 15 is 0 Å². The maximum Gasteiger partial charge on any atom is 0.110 e. The van der Waals surface area contributed by atoms with E-state index in [1.54, 1.807) is 6.08 Å². The van der Waals surface area contributed by atoms with Crippen molar-refractivity contribution in [3.8, 4) is 0 Å². The van der Waals surface area contributed by atoms with E-state index in [-0.39, 0.29) is 6.04 Å². The quantitative estimate of drug-likeness (QED) is 0.643. The Morgan fingerprint density at radius 2 is 2.21 bits per heavy atom. The van der Waals surface area contributed by atoms with Crippen LogP contribution >= 0.6 is 0 Å². The molecule has 7 atom stereocenters. The first-order valence-electron chi connectivity index (χ1n) is 9.03. The monoisotopic (exact) mass is 331 g/mol. The summed E-state index contributed by atoms with van der Waals surface area (Å²) in [5.74, 6) is 0. The number of rotatable bonds is 2. The van der Waals surface area contributed by atoms with E-state index in [0.717, 1.165) is 31.5 Å². The van der Waals surface area contributed by atoms with Gasteiger partial charge in [-0.2, -0.15) is 0 Å². The average Bonchev–Trinajstić information content (AvgIpc) is 2.91. The summed E-state index contributed by atoms with van der Waals surface area (Å²) in [6, 6.07) is 0.0141. The predicted molar refractivity (Wildman–Crippen MR) is 88.2 cm³/mol. The maximum absolute atomic E-state index is 11.9. The highest BCUT2D eigenvalue weighted by Crippen LogP contribution is 2.66. The van der Waals surface area contributed by atoms with Gasteiger partial charge in [0.1, 0.15) is 12.2 Å². The van der Waals surface area contributed by atoms with Gasteiger partial charge in [-0.1, -0.05) is 18.2 Å². The number of nitrogens with zero attached hydrogens (tertiary/aromatic N) is 1. The van der Waals surface area contributed by atoms with E-state index < -0.39 is 35.4 Å². The molecule has 5 nitrogen and oxygen atoms in total. The van der Waals surface area contributed by atoms with Gasteiger partial charge in [0.25, 0.3) is 0 Å². The Morgan fingerprint density at radius 1 is 1.38 bits per heavy atom. The molecule has 3 N–H and O–H groups in total. The molecule has 0 radical (unpaired) electrons. The first-order chi connectivity index (χ1) is 11.5. The molecule has 6 unspecified atom stereocenters. The number of hydrogen-bond donors (Lipinski definition) is 3. The fourth-order valence-corrected chi connectivity index (χ4v) is 6.32. The summed E-state index contributed by atoms with van der Waals surface area (Å²) in [5.41, 5.74) is 0.789. The van der Waals surface area contributed by atoms with Crippen molar-refractivity contribution in [1.82, 2.24) is 4.90 Å². The van der Waals surface area contributed by atoms with Crippen molar-refractivity contribution in [2.45, 2.75) is 61.7 Å². The number of hydrogen-bond acceptors (Lipinski definition) is 5. The molecule has 2 saturated heterocycles. The number of aliphatic hydroxyl groups excluding tert-OH is 2. The maximum atomic E-state index is 11.9. The topological polar surface area (TPSA) is 73.2 Å². The Bertz CT molecular complexity index is 658. The zero-order valence-electron chi connectivity index (χ0n) is 13.8. The summed E-state index contributed by atoms with van der Waals surface area (Å²) in [6.07, 6.45) is 6.24. The Hall–Kier alpha value is -0.980. The molecule has 0 aromatic rings. The molecule has 5 rings (SSSR count). The number of allylic oxidation sites excluding steroid dienone is 1. The Balaban J connectivity index is 1.73. The predicted octanol–water partition coefficient (Wildman–Crippen LogP) is 0.517. The molecule has 5 heteroatoms. The first kappa shape index (κ1) is 15.3. The largest absolute Gasteiger partial charge is 0.390 e. The minimum absolute atomic E-state index is 0.0141. The molecule has 5 aliphatic rings. The molecule has 3 fully saturated rings. The molecule has 2 aliphatic heterocycles. The van der Waals surface area contributed by atoms with Crippen LogP contribution in [0, 0.1) is 5.41 Å². The zero-order chi connectivity index (χ0) is 16.7. The lowest BCUT2D eigenvalue weighted by Gasteiger charge is -2.64. The van der Waals surface area contributed by atoms with Gasteiger partial charge in [0.2, 0.25) is 0 Å². The molecule has 130 valence electrons. The third-order valence-electron chi connectivity index (χ3n) is 7.20. The van der Waals surface area contributed by atoms with Crippen LogP contribution in [-0.4, -0.2) is 69.4 Å². The van der Waals surface area contributed by atoms with E-state index in [1.807, 2.05) is 12.2 Å². The van der Waals surface area contributed by atoms with E-state index in [4.69, 9.17) is 4.74 Å². The van der Waals surface area contributed by atoms with Gasteiger partial charge < -0.3 is 20.1 Å². The molecular formula is C19H25NO4. The van der Waals surface area contributed by atoms with E-state index in [2.05, 4.69) is 11.5 Å². The number of likely N-dealkylation sites (tertiary alicyclic amines) is 1. The van der Waals surface area contributed by atoms with Gasteiger partial charge in [0.15, 0.2) is 0 Å². The smallest absolute Gasteiger partial charge is 0.110 e. The first-order valence-corrected chi connectivity index (χ1v) is 9.03. The van der Waals surface area contributed by atoms with Gasteiger partial charge in [-0.25, -0.2) is 0 Å². The van der Waals surface area contributed by atoms with Crippen molar-refractivity contribution in [2.75, 3.05) is 13.1 Å². The standard InChI is InChI=1S/C19H25NO4/c1-2-8-20-9-7-18-15-11-3-4-12(21)16(15)24-17(18)13(22)5-6-19(18,23)14(20)10-11/h2-4,12-14,16-17,21-23H,1,5-10H2/t12?,13?,14?,16-,17?,18?,19?/m1/s1. The van der Waals surface area contributed by atoms with Crippen LogP contribution in [0.1, 0.15) is 25.7 Å². The second-order valence-corrected chi connectivity index (χ2v) is 8.02. The van der Waals surface area contributed by atoms with Crippen LogP contribution in [0.15, 0.2) is 36.0 Å². The van der Waals surface area contributed by atoms with Gasteiger partial charge in [-0.3, -0.25) is 4.90 Å². The summed E-state index contributed by atoms with van der Waals surface area (Å²) in [4.78, 5) is 2.32. The molecule has 1 spiro atoms. The van der Waals surface area contributed by atoms with Crippen molar-refractivity contribution < 1.29 is 20.1 Å². The SMILES string of the molecule is C=CCN1CCC23C4=C5C=CC(O)[C@H]4OC2C(O)CCC3(O)C1C5. The van der Waals surface area contributed by atoms with Crippen molar-refractivity contribution in [1.29, 1.82) is 0 Å². The molecule has 2 bridgehead atoms. The minimum atomic E-state index is -0.906. The number of aliphatic hydroxyl groups is 3. The van der Waals surface area contributed by atoms with Gasteiger partial charge in [0, 0.05) is 12.6 Å². The van der Waals surface area contributed by atoms with Gasteiger partial charge >= 0.3 is 0 Å². The van der Waals surface area contributed by atoms with Crippen LogP contribution in [0.3, 0.4) is 0 Å². The van der Waals surface area contributed by atoms with Crippen LogP contribution in [0.5, 0.6) is 0 Å².